The number of benzene rings is 1. The molecule has 0 radical (unpaired) electrons. The number of Topliss-reactive ketones (excluding diaryl/α,β-unsaturated/α-hetero) is 1. The molecule has 0 N–H and O–H groups in total. The second-order valence-electron chi connectivity index (χ2n) is 7.15. The molecule has 5 aliphatic rings. The van der Waals surface area contributed by atoms with Crippen molar-refractivity contribution in [3.8, 4) is 17.6 Å². The zero-order valence-electron chi connectivity index (χ0n) is 13.2. The van der Waals surface area contributed by atoms with Gasteiger partial charge in [-0.1, -0.05) is 6.07 Å². The standard InChI is InChI=1S/C17H14N2O4S/c1-15(7-18)6-17-13(20)16(2,24-17)14(21)19(17)12(15)9-3-4-10-11(5-9)23-8-22-10/h3-5,12H,6,8H2,1-2H3. The first-order valence-corrected chi connectivity index (χ1v) is 8.57. The molecule has 7 heteroatoms. The molecule has 122 valence electrons. The maximum Gasteiger partial charge on any atom is 0.248 e. The summed E-state index contributed by atoms with van der Waals surface area (Å²) in [6.07, 6.45) is 0.362. The number of hydrogen-bond acceptors (Lipinski definition) is 6. The summed E-state index contributed by atoms with van der Waals surface area (Å²) in [5.74, 6) is 1.02. The lowest BCUT2D eigenvalue weighted by Crippen LogP contribution is -2.54. The zero-order valence-corrected chi connectivity index (χ0v) is 14.0. The highest BCUT2D eigenvalue weighted by Gasteiger charge is 2.83. The molecule has 24 heavy (non-hydrogen) atoms. The third-order valence-corrected chi connectivity index (χ3v) is 7.25. The van der Waals surface area contributed by atoms with Crippen LogP contribution in [0.2, 0.25) is 0 Å². The van der Waals surface area contributed by atoms with E-state index in [1.807, 2.05) is 19.1 Å². The van der Waals surface area contributed by atoms with Crippen LogP contribution in [0.4, 0.5) is 0 Å². The minimum Gasteiger partial charge on any atom is -0.454 e. The van der Waals surface area contributed by atoms with E-state index in [9.17, 15) is 14.9 Å². The fourth-order valence-corrected chi connectivity index (χ4v) is 6.48. The van der Waals surface area contributed by atoms with E-state index in [1.165, 1.54) is 11.8 Å². The Hall–Kier alpha value is -2.20. The Morgan fingerprint density at radius 2 is 2.04 bits per heavy atom. The van der Waals surface area contributed by atoms with Gasteiger partial charge in [0.1, 0.15) is 0 Å². The van der Waals surface area contributed by atoms with E-state index in [-0.39, 0.29) is 18.5 Å². The van der Waals surface area contributed by atoms with Crippen LogP contribution in [-0.4, -0.2) is 33.0 Å². The van der Waals surface area contributed by atoms with E-state index in [0.29, 0.717) is 17.9 Å². The fourth-order valence-electron chi connectivity index (χ4n) is 4.56. The summed E-state index contributed by atoms with van der Waals surface area (Å²) < 4.78 is 9.79. The Morgan fingerprint density at radius 1 is 1.29 bits per heavy atom. The maximum absolute atomic E-state index is 12.9. The average molecular weight is 342 g/mol. The molecule has 1 aromatic carbocycles. The van der Waals surface area contributed by atoms with Gasteiger partial charge in [-0.15, -0.1) is 11.8 Å². The number of nitriles is 1. The molecule has 4 unspecified atom stereocenters. The van der Waals surface area contributed by atoms with Gasteiger partial charge in [-0.3, -0.25) is 9.59 Å². The van der Waals surface area contributed by atoms with Gasteiger partial charge >= 0.3 is 0 Å². The molecule has 5 aliphatic heterocycles. The number of ether oxygens (including phenoxy) is 2. The topological polar surface area (TPSA) is 79.6 Å². The number of fused-ring (bicyclic) bond motifs is 1. The summed E-state index contributed by atoms with van der Waals surface area (Å²) in [4.78, 5) is 26.4. The van der Waals surface area contributed by atoms with Crippen molar-refractivity contribution in [3.63, 3.8) is 0 Å². The summed E-state index contributed by atoms with van der Waals surface area (Å²) in [7, 11) is 0. The largest absolute Gasteiger partial charge is 0.454 e. The SMILES string of the molecule is CC12SC3(CC(C)(C#N)C(c4ccc5c(c4)OCO5)N3C1=O)C2=O. The van der Waals surface area contributed by atoms with Gasteiger partial charge in [0.2, 0.25) is 12.7 Å². The summed E-state index contributed by atoms with van der Waals surface area (Å²) in [6, 6.07) is 7.36. The van der Waals surface area contributed by atoms with Gasteiger partial charge < -0.3 is 14.4 Å². The van der Waals surface area contributed by atoms with Gasteiger partial charge in [-0.05, 0) is 31.5 Å². The van der Waals surface area contributed by atoms with Gasteiger partial charge in [-0.25, -0.2) is 0 Å². The lowest BCUT2D eigenvalue weighted by atomic mass is 9.77. The number of amides is 1. The van der Waals surface area contributed by atoms with Crippen LogP contribution in [0.1, 0.15) is 31.9 Å². The van der Waals surface area contributed by atoms with Crippen LogP contribution in [0.3, 0.4) is 0 Å². The van der Waals surface area contributed by atoms with E-state index >= 15 is 0 Å². The second-order valence-corrected chi connectivity index (χ2v) is 8.84. The van der Waals surface area contributed by atoms with Gasteiger partial charge in [0.25, 0.3) is 0 Å². The van der Waals surface area contributed by atoms with Crippen molar-refractivity contribution in [2.45, 2.75) is 35.9 Å². The number of rotatable bonds is 1. The molecule has 0 saturated carbocycles. The molecule has 0 aliphatic carbocycles. The van der Waals surface area contributed by atoms with Crippen molar-refractivity contribution in [3.05, 3.63) is 23.8 Å². The first-order chi connectivity index (χ1) is 11.4. The van der Waals surface area contributed by atoms with E-state index in [0.717, 1.165) is 5.56 Å². The molecule has 1 amide bonds. The first kappa shape index (κ1) is 14.2. The highest BCUT2D eigenvalue weighted by Crippen LogP contribution is 2.73. The number of ketones is 1. The average Bonchev–Trinajstić information content (AvgIpc) is 3.23. The number of thioether (sulfide) groups is 1. The smallest absolute Gasteiger partial charge is 0.248 e. The molecule has 4 fully saturated rings. The third kappa shape index (κ3) is 1.28. The Kier molecular flexibility index (Phi) is 2.30. The highest BCUT2D eigenvalue weighted by molar-refractivity contribution is 8.07. The molecule has 0 aromatic heterocycles. The second kappa shape index (κ2) is 3.89. The molecule has 6 nitrogen and oxygen atoms in total. The molecular formula is C17H14N2O4S. The van der Waals surface area contributed by atoms with Crippen LogP contribution in [0.5, 0.6) is 11.5 Å². The number of carbonyl (C=O) groups is 2. The molecule has 1 spiro atoms. The van der Waals surface area contributed by atoms with E-state index < -0.39 is 21.1 Å². The van der Waals surface area contributed by atoms with Crippen molar-refractivity contribution in [1.29, 1.82) is 5.26 Å². The lowest BCUT2D eigenvalue weighted by Gasteiger charge is -2.39. The maximum atomic E-state index is 12.9. The van der Waals surface area contributed by atoms with Gasteiger partial charge in [-0.2, -0.15) is 5.26 Å². The van der Waals surface area contributed by atoms with E-state index in [1.54, 1.807) is 17.9 Å². The van der Waals surface area contributed by atoms with E-state index in [2.05, 4.69) is 6.07 Å². The molecule has 4 saturated heterocycles. The van der Waals surface area contributed by atoms with Crippen LogP contribution in [-0.2, 0) is 9.59 Å². The number of nitrogens with zero attached hydrogens (tertiary/aromatic N) is 2. The van der Waals surface area contributed by atoms with Crippen molar-refractivity contribution in [2.75, 3.05) is 6.79 Å². The normalized spacial score (nSPS) is 41.2. The van der Waals surface area contributed by atoms with Gasteiger partial charge in [0.15, 0.2) is 26.9 Å². The summed E-state index contributed by atoms with van der Waals surface area (Å²) in [5.41, 5.74) is -0.0219. The van der Waals surface area contributed by atoms with Crippen molar-refractivity contribution in [2.24, 2.45) is 5.41 Å². The highest BCUT2D eigenvalue weighted by atomic mass is 32.2. The molecule has 5 heterocycles. The van der Waals surface area contributed by atoms with Crippen LogP contribution >= 0.6 is 11.8 Å². The number of carbonyl (C=O) groups excluding carboxylic acids is 2. The first-order valence-electron chi connectivity index (χ1n) is 7.75. The molecule has 6 rings (SSSR count). The van der Waals surface area contributed by atoms with Crippen LogP contribution < -0.4 is 9.47 Å². The predicted octanol–water partition coefficient (Wildman–Crippen LogP) is 2.00. The summed E-state index contributed by atoms with van der Waals surface area (Å²) >= 11 is 1.39. The lowest BCUT2D eigenvalue weighted by molar-refractivity contribution is -0.131. The van der Waals surface area contributed by atoms with Crippen LogP contribution in [0, 0.1) is 16.7 Å². The van der Waals surface area contributed by atoms with Gasteiger partial charge in [0.05, 0.1) is 17.5 Å². The predicted molar refractivity (Wildman–Crippen MR) is 84.2 cm³/mol. The third-order valence-electron chi connectivity index (χ3n) is 5.61. The van der Waals surface area contributed by atoms with Crippen LogP contribution in [0.25, 0.3) is 0 Å². The van der Waals surface area contributed by atoms with Crippen molar-refractivity contribution < 1.29 is 19.1 Å². The molecule has 4 atom stereocenters. The monoisotopic (exact) mass is 342 g/mol. The molecule has 2 bridgehead atoms. The number of hydrogen-bond donors (Lipinski definition) is 0. The van der Waals surface area contributed by atoms with Crippen LogP contribution in [0.15, 0.2) is 18.2 Å². The Bertz CT molecular complexity index is 880. The summed E-state index contributed by atoms with van der Waals surface area (Å²) in [6.45, 7) is 3.68. The molecule has 1 aromatic rings. The Balaban J connectivity index is 1.68. The minimum absolute atomic E-state index is 0.0604. The summed E-state index contributed by atoms with van der Waals surface area (Å²) in [5, 5.41) is 9.81. The van der Waals surface area contributed by atoms with Gasteiger partial charge in [0, 0.05) is 6.42 Å². The van der Waals surface area contributed by atoms with E-state index in [4.69, 9.17) is 9.47 Å². The Morgan fingerprint density at radius 3 is 2.75 bits per heavy atom. The molecular weight excluding hydrogens is 328 g/mol. The fraction of sp³-hybridized carbons (Fsp3) is 0.471. The van der Waals surface area contributed by atoms with Crippen molar-refractivity contribution >= 4 is 23.5 Å². The minimum atomic E-state index is -0.981. The zero-order chi connectivity index (χ0) is 16.9. The quantitative estimate of drug-likeness (QED) is 0.726. The van der Waals surface area contributed by atoms with Crippen molar-refractivity contribution in [1.82, 2.24) is 4.90 Å². The Labute approximate surface area is 142 Å².